The Hall–Kier alpha value is -3.03. The van der Waals surface area contributed by atoms with Crippen molar-refractivity contribution in [1.29, 1.82) is 0 Å². The Balaban J connectivity index is 1.74. The number of pyridine rings is 1. The number of nitrogens with one attached hydrogen (secondary N) is 1. The first-order valence-corrected chi connectivity index (χ1v) is 11.2. The van der Waals surface area contributed by atoms with Crippen LogP contribution in [0.4, 0.5) is 5.69 Å². The van der Waals surface area contributed by atoms with E-state index in [9.17, 15) is 13.2 Å². The van der Waals surface area contributed by atoms with Crippen molar-refractivity contribution in [3.05, 3.63) is 71.9 Å². The second-order valence-corrected chi connectivity index (χ2v) is 8.75. The van der Waals surface area contributed by atoms with Crippen LogP contribution in [-0.2, 0) is 14.8 Å². The van der Waals surface area contributed by atoms with Crippen LogP contribution in [0.2, 0.25) is 0 Å². The lowest BCUT2D eigenvalue weighted by Crippen LogP contribution is -2.30. The molecule has 0 spiro atoms. The fraction of sp³-hybridized carbons (Fsp3) is 0.217. The van der Waals surface area contributed by atoms with Crippen LogP contribution < -0.4 is 5.32 Å². The number of sulfonamides is 1. The van der Waals surface area contributed by atoms with E-state index in [1.165, 1.54) is 10.4 Å². The zero-order chi connectivity index (χ0) is 21.7. The number of para-hydroxylation sites is 1. The van der Waals surface area contributed by atoms with Gasteiger partial charge in [-0.15, -0.1) is 0 Å². The van der Waals surface area contributed by atoms with Crippen molar-refractivity contribution in [3.8, 4) is 0 Å². The third-order valence-corrected chi connectivity index (χ3v) is 6.83. The Bertz CT molecular complexity index is 1180. The molecule has 156 valence electrons. The molecule has 0 radical (unpaired) electrons. The molecule has 3 aromatic rings. The molecular weight excluding hydrogens is 398 g/mol. The van der Waals surface area contributed by atoms with Crippen LogP contribution in [0.15, 0.2) is 65.6 Å². The van der Waals surface area contributed by atoms with Crippen molar-refractivity contribution in [1.82, 2.24) is 9.29 Å². The number of fused-ring (bicyclic) bond motifs is 1. The summed E-state index contributed by atoms with van der Waals surface area (Å²) >= 11 is 0. The van der Waals surface area contributed by atoms with Crippen LogP contribution in [0.3, 0.4) is 0 Å². The number of aryl methyl sites for hydroxylation is 1. The van der Waals surface area contributed by atoms with E-state index in [-0.39, 0.29) is 10.8 Å². The summed E-state index contributed by atoms with van der Waals surface area (Å²) in [6.07, 6.45) is 3.06. The van der Waals surface area contributed by atoms with Gasteiger partial charge in [0.15, 0.2) is 0 Å². The van der Waals surface area contributed by atoms with E-state index >= 15 is 0 Å². The van der Waals surface area contributed by atoms with Crippen LogP contribution >= 0.6 is 0 Å². The number of amides is 1. The molecule has 0 aliphatic rings. The molecule has 0 saturated carbocycles. The lowest BCUT2D eigenvalue weighted by atomic mass is 10.1. The minimum Gasteiger partial charge on any atom is -0.321 e. The monoisotopic (exact) mass is 423 g/mol. The summed E-state index contributed by atoms with van der Waals surface area (Å²) in [4.78, 5) is 17.1. The summed E-state index contributed by atoms with van der Waals surface area (Å²) in [5.74, 6) is -0.286. The van der Waals surface area contributed by atoms with Gasteiger partial charge >= 0.3 is 0 Å². The fourth-order valence-corrected chi connectivity index (χ4v) is 4.61. The Labute approximate surface area is 177 Å². The minimum absolute atomic E-state index is 0.241. The predicted molar refractivity (Wildman–Crippen MR) is 121 cm³/mol. The van der Waals surface area contributed by atoms with Crippen LogP contribution in [0, 0.1) is 6.92 Å². The number of anilines is 1. The lowest BCUT2D eigenvalue weighted by molar-refractivity contribution is -0.111. The van der Waals surface area contributed by atoms with Crippen LogP contribution in [0.1, 0.15) is 25.1 Å². The van der Waals surface area contributed by atoms with E-state index in [1.807, 2.05) is 51.1 Å². The quantitative estimate of drug-likeness (QED) is 0.577. The molecular formula is C23H25N3O3S. The van der Waals surface area contributed by atoms with Crippen LogP contribution in [0.25, 0.3) is 17.0 Å². The molecule has 1 heterocycles. The van der Waals surface area contributed by atoms with Gasteiger partial charge in [-0.05, 0) is 42.8 Å². The van der Waals surface area contributed by atoms with Gasteiger partial charge in [-0.3, -0.25) is 9.78 Å². The molecule has 0 atom stereocenters. The van der Waals surface area contributed by atoms with Crippen LogP contribution in [-0.4, -0.2) is 36.7 Å². The first kappa shape index (κ1) is 21.7. The van der Waals surface area contributed by atoms with Gasteiger partial charge in [0.2, 0.25) is 15.9 Å². The summed E-state index contributed by atoms with van der Waals surface area (Å²) in [5.41, 5.74) is 2.99. The standard InChI is InChI=1S/C23H25N3O3S/c1-4-26(5-2)30(28,29)20-14-10-18(11-15-20)12-16-22(27)25-21-8-6-7-19-13-9-17(3)24-23(19)21/h6-16H,4-5H2,1-3H3,(H,25,27). The number of rotatable bonds is 7. The second-order valence-electron chi connectivity index (χ2n) is 6.81. The summed E-state index contributed by atoms with van der Waals surface area (Å²) in [7, 11) is -3.49. The number of carbonyl (C=O) groups excluding carboxylic acids is 1. The average Bonchev–Trinajstić information content (AvgIpc) is 2.73. The van der Waals surface area contributed by atoms with Crippen molar-refractivity contribution in [2.75, 3.05) is 18.4 Å². The smallest absolute Gasteiger partial charge is 0.248 e. The fourth-order valence-electron chi connectivity index (χ4n) is 3.16. The average molecular weight is 424 g/mol. The van der Waals surface area contributed by atoms with Gasteiger partial charge in [0.05, 0.1) is 16.1 Å². The van der Waals surface area contributed by atoms with E-state index < -0.39 is 10.0 Å². The van der Waals surface area contributed by atoms with E-state index in [0.29, 0.717) is 18.8 Å². The van der Waals surface area contributed by atoms with Crippen molar-refractivity contribution >= 4 is 38.6 Å². The summed E-state index contributed by atoms with van der Waals surface area (Å²) in [5, 5.41) is 3.81. The third kappa shape index (κ3) is 4.75. The highest BCUT2D eigenvalue weighted by Gasteiger charge is 2.20. The minimum atomic E-state index is -3.49. The highest BCUT2D eigenvalue weighted by Crippen LogP contribution is 2.22. The molecule has 0 aliphatic carbocycles. The van der Waals surface area contributed by atoms with Gasteiger partial charge in [0, 0.05) is 30.2 Å². The Morgan fingerprint density at radius 3 is 2.40 bits per heavy atom. The largest absolute Gasteiger partial charge is 0.321 e. The first-order valence-electron chi connectivity index (χ1n) is 9.80. The van der Waals surface area contributed by atoms with E-state index in [4.69, 9.17) is 0 Å². The number of benzene rings is 2. The summed E-state index contributed by atoms with van der Waals surface area (Å²) < 4.78 is 26.5. The zero-order valence-corrected chi connectivity index (χ0v) is 18.1. The van der Waals surface area contributed by atoms with Gasteiger partial charge in [0.25, 0.3) is 0 Å². The molecule has 6 nitrogen and oxygen atoms in total. The van der Waals surface area contributed by atoms with E-state index in [2.05, 4.69) is 10.3 Å². The van der Waals surface area contributed by atoms with Crippen molar-refractivity contribution in [2.24, 2.45) is 0 Å². The molecule has 2 aromatic carbocycles. The summed E-state index contributed by atoms with van der Waals surface area (Å²) in [6, 6.07) is 16.0. The normalized spacial score (nSPS) is 12.0. The van der Waals surface area contributed by atoms with E-state index in [1.54, 1.807) is 30.3 Å². The van der Waals surface area contributed by atoms with Crippen molar-refractivity contribution in [2.45, 2.75) is 25.7 Å². The molecule has 0 bridgehead atoms. The Morgan fingerprint density at radius 1 is 1.03 bits per heavy atom. The SMILES string of the molecule is CCN(CC)S(=O)(=O)c1ccc(C=CC(=O)Nc2cccc3ccc(C)nc23)cc1. The molecule has 0 fully saturated rings. The van der Waals surface area contributed by atoms with Crippen molar-refractivity contribution < 1.29 is 13.2 Å². The predicted octanol–water partition coefficient (Wildman–Crippen LogP) is 4.23. The first-order chi connectivity index (χ1) is 14.3. The molecule has 0 saturated heterocycles. The van der Waals surface area contributed by atoms with Gasteiger partial charge in [0.1, 0.15) is 0 Å². The van der Waals surface area contributed by atoms with Gasteiger partial charge in [-0.25, -0.2) is 8.42 Å². The number of hydrogen-bond donors (Lipinski definition) is 1. The highest BCUT2D eigenvalue weighted by molar-refractivity contribution is 7.89. The van der Waals surface area contributed by atoms with Gasteiger partial charge in [-0.1, -0.05) is 44.2 Å². The maximum Gasteiger partial charge on any atom is 0.248 e. The molecule has 3 rings (SSSR count). The molecule has 1 amide bonds. The molecule has 1 aromatic heterocycles. The number of aromatic nitrogens is 1. The van der Waals surface area contributed by atoms with Gasteiger partial charge in [-0.2, -0.15) is 4.31 Å². The molecule has 0 aliphatic heterocycles. The zero-order valence-electron chi connectivity index (χ0n) is 17.3. The number of hydrogen-bond acceptors (Lipinski definition) is 4. The third-order valence-electron chi connectivity index (χ3n) is 4.77. The van der Waals surface area contributed by atoms with Crippen LogP contribution in [0.5, 0.6) is 0 Å². The lowest BCUT2D eigenvalue weighted by Gasteiger charge is -2.18. The second kappa shape index (κ2) is 9.19. The maximum absolute atomic E-state index is 12.5. The van der Waals surface area contributed by atoms with Crippen molar-refractivity contribution in [3.63, 3.8) is 0 Å². The molecule has 30 heavy (non-hydrogen) atoms. The van der Waals surface area contributed by atoms with E-state index in [0.717, 1.165) is 22.2 Å². The summed E-state index contributed by atoms with van der Waals surface area (Å²) in [6.45, 7) is 6.36. The molecule has 1 N–H and O–H groups in total. The number of nitrogens with zero attached hydrogens (tertiary/aromatic N) is 2. The highest BCUT2D eigenvalue weighted by atomic mass is 32.2. The molecule has 7 heteroatoms. The number of carbonyl (C=O) groups is 1. The topological polar surface area (TPSA) is 79.4 Å². The Kier molecular flexibility index (Phi) is 6.64. The molecule has 0 unspecified atom stereocenters. The Morgan fingerprint density at radius 2 is 1.73 bits per heavy atom. The maximum atomic E-state index is 12.5. The van der Waals surface area contributed by atoms with Gasteiger partial charge < -0.3 is 5.32 Å².